The Morgan fingerprint density at radius 3 is 1.77 bits per heavy atom. The number of benzene rings is 3. The first-order valence-electron chi connectivity index (χ1n) is 10.3. The molecule has 3 nitrogen and oxygen atoms in total. The Labute approximate surface area is 175 Å². The van der Waals surface area contributed by atoms with E-state index < -0.39 is 5.60 Å². The fraction of sp³-hybridized carbons (Fsp3) is 0.185. The summed E-state index contributed by atoms with van der Waals surface area (Å²) in [6.07, 6.45) is 0.839. The van der Waals surface area contributed by atoms with E-state index >= 15 is 0 Å². The van der Waals surface area contributed by atoms with Gasteiger partial charge in [0.15, 0.2) is 0 Å². The molecule has 0 saturated carbocycles. The SMILES string of the molecule is CCc1cc(-c2cc3ccccc3o2)c(C(C)(C)O)cc1-c1cc2ccccc2o1. The summed E-state index contributed by atoms with van der Waals surface area (Å²) in [6, 6.07) is 24.3. The quantitative estimate of drug-likeness (QED) is 0.346. The molecule has 150 valence electrons. The largest absolute Gasteiger partial charge is 0.456 e. The van der Waals surface area contributed by atoms with Gasteiger partial charge in [-0.3, -0.25) is 0 Å². The molecule has 2 heterocycles. The van der Waals surface area contributed by atoms with Crippen LogP contribution in [0, 0.1) is 0 Å². The van der Waals surface area contributed by atoms with Crippen molar-refractivity contribution in [3.05, 3.63) is 83.9 Å². The minimum atomic E-state index is -1.04. The Morgan fingerprint density at radius 1 is 0.733 bits per heavy atom. The maximum absolute atomic E-state index is 11.0. The van der Waals surface area contributed by atoms with Gasteiger partial charge in [-0.15, -0.1) is 0 Å². The van der Waals surface area contributed by atoms with Crippen LogP contribution in [0.3, 0.4) is 0 Å². The number of fused-ring (bicyclic) bond motifs is 2. The molecule has 0 aliphatic heterocycles. The minimum Gasteiger partial charge on any atom is -0.456 e. The number of furan rings is 2. The summed E-state index contributed by atoms with van der Waals surface area (Å²) in [6.45, 7) is 5.75. The van der Waals surface area contributed by atoms with E-state index in [1.807, 2.05) is 68.4 Å². The van der Waals surface area contributed by atoms with Crippen molar-refractivity contribution in [3.63, 3.8) is 0 Å². The fourth-order valence-corrected chi connectivity index (χ4v) is 4.11. The molecule has 0 fully saturated rings. The van der Waals surface area contributed by atoms with E-state index in [9.17, 15) is 5.11 Å². The minimum absolute atomic E-state index is 0.763. The smallest absolute Gasteiger partial charge is 0.135 e. The Balaban J connectivity index is 1.75. The molecule has 0 atom stereocenters. The molecule has 3 heteroatoms. The summed E-state index contributed by atoms with van der Waals surface area (Å²) in [5, 5.41) is 13.1. The van der Waals surface area contributed by atoms with E-state index in [0.29, 0.717) is 0 Å². The maximum atomic E-state index is 11.0. The zero-order valence-corrected chi connectivity index (χ0v) is 17.4. The van der Waals surface area contributed by atoms with Crippen molar-refractivity contribution < 1.29 is 13.9 Å². The van der Waals surface area contributed by atoms with Crippen molar-refractivity contribution in [2.75, 3.05) is 0 Å². The van der Waals surface area contributed by atoms with E-state index in [2.05, 4.69) is 25.1 Å². The highest BCUT2D eigenvalue weighted by atomic mass is 16.3. The molecule has 0 unspecified atom stereocenters. The number of hydrogen-bond acceptors (Lipinski definition) is 3. The highest BCUT2D eigenvalue weighted by Crippen LogP contribution is 2.40. The van der Waals surface area contributed by atoms with E-state index in [-0.39, 0.29) is 0 Å². The highest BCUT2D eigenvalue weighted by molar-refractivity contribution is 5.87. The van der Waals surface area contributed by atoms with Crippen LogP contribution in [0.5, 0.6) is 0 Å². The van der Waals surface area contributed by atoms with Crippen molar-refractivity contribution in [3.8, 4) is 22.6 Å². The summed E-state index contributed by atoms with van der Waals surface area (Å²) in [5.74, 6) is 1.58. The standard InChI is InChI=1S/C27H24O3/c1-4-17-13-21(26-15-19-10-6-8-12-24(19)30-26)22(27(2,3)28)16-20(17)25-14-18-9-5-7-11-23(18)29-25/h5-16,28H,4H2,1-3H3. The molecule has 3 aromatic carbocycles. The van der Waals surface area contributed by atoms with Crippen molar-refractivity contribution in [1.82, 2.24) is 0 Å². The van der Waals surface area contributed by atoms with Crippen LogP contribution in [0.4, 0.5) is 0 Å². The Kier molecular flexibility index (Phi) is 4.30. The van der Waals surface area contributed by atoms with E-state index in [4.69, 9.17) is 8.83 Å². The van der Waals surface area contributed by atoms with Gasteiger partial charge in [-0.1, -0.05) is 43.3 Å². The van der Waals surface area contributed by atoms with Crippen LogP contribution >= 0.6 is 0 Å². The average Bonchev–Trinajstić information content (AvgIpc) is 3.36. The van der Waals surface area contributed by atoms with Crippen LogP contribution in [-0.4, -0.2) is 5.11 Å². The van der Waals surface area contributed by atoms with Crippen LogP contribution in [0.1, 0.15) is 31.9 Å². The maximum Gasteiger partial charge on any atom is 0.135 e. The predicted octanol–water partition coefficient (Wildman–Crippen LogP) is 7.30. The molecule has 0 radical (unpaired) electrons. The zero-order chi connectivity index (χ0) is 20.9. The first-order valence-corrected chi connectivity index (χ1v) is 10.3. The van der Waals surface area contributed by atoms with E-state index in [1.165, 1.54) is 0 Å². The second-order valence-corrected chi connectivity index (χ2v) is 8.26. The number of rotatable bonds is 4. The van der Waals surface area contributed by atoms with Crippen LogP contribution in [-0.2, 0) is 12.0 Å². The lowest BCUT2D eigenvalue weighted by Gasteiger charge is -2.23. The van der Waals surface area contributed by atoms with Gasteiger partial charge in [0, 0.05) is 21.9 Å². The lowest BCUT2D eigenvalue weighted by molar-refractivity contribution is 0.0791. The first-order chi connectivity index (χ1) is 14.4. The molecule has 0 aliphatic rings. The third-order valence-electron chi connectivity index (χ3n) is 5.67. The molecule has 30 heavy (non-hydrogen) atoms. The number of para-hydroxylation sites is 2. The van der Waals surface area contributed by atoms with Gasteiger partial charge in [-0.2, -0.15) is 0 Å². The summed E-state index contributed by atoms with van der Waals surface area (Å²) in [7, 11) is 0. The molecule has 0 saturated heterocycles. The predicted molar refractivity (Wildman–Crippen MR) is 121 cm³/mol. The van der Waals surface area contributed by atoms with Gasteiger partial charge in [0.05, 0.1) is 5.60 Å². The Morgan fingerprint density at radius 2 is 1.27 bits per heavy atom. The summed E-state index contributed by atoms with van der Waals surface area (Å²) < 4.78 is 12.3. The van der Waals surface area contributed by atoms with Gasteiger partial charge in [-0.25, -0.2) is 0 Å². The molecule has 1 N–H and O–H groups in total. The Hall–Kier alpha value is -3.30. The lowest BCUT2D eigenvalue weighted by atomic mass is 9.86. The monoisotopic (exact) mass is 396 g/mol. The summed E-state index contributed by atoms with van der Waals surface area (Å²) >= 11 is 0. The van der Waals surface area contributed by atoms with Crippen molar-refractivity contribution in [2.24, 2.45) is 0 Å². The van der Waals surface area contributed by atoms with Crippen LogP contribution in [0.25, 0.3) is 44.6 Å². The topological polar surface area (TPSA) is 46.5 Å². The molecule has 0 bridgehead atoms. The molecule has 0 amide bonds. The normalized spacial score (nSPS) is 12.1. The molecule has 5 rings (SSSR count). The van der Waals surface area contributed by atoms with E-state index in [0.717, 1.165) is 62.1 Å². The van der Waals surface area contributed by atoms with Crippen LogP contribution < -0.4 is 0 Å². The number of aliphatic hydroxyl groups is 1. The molecular formula is C27H24O3. The lowest BCUT2D eigenvalue weighted by Crippen LogP contribution is -2.17. The third-order valence-corrected chi connectivity index (χ3v) is 5.67. The number of hydrogen-bond donors (Lipinski definition) is 1. The fourth-order valence-electron chi connectivity index (χ4n) is 4.11. The van der Waals surface area contributed by atoms with Crippen LogP contribution in [0.2, 0.25) is 0 Å². The molecule has 0 spiro atoms. The van der Waals surface area contributed by atoms with E-state index in [1.54, 1.807) is 0 Å². The Bertz CT molecular complexity index is 1300. The van der Waals surface area contributed by atoms with Crippen molar-refractivity contribution >= 4 is 21.9 Å². The first kappa shape index (κ1) is 18.7. The molecule has 0 aliphatic carbocycles. The second-order valence-electron chi connectivity index (χ2n) is 8.26. The van der Waals surface area contributed by atoms with Gasteiger partial charge < -0.3 is 13.9 Å². The second kappa shape index (κ2) is 6.89. The molecule has 5 aromatic rings. The van der Waals surface area contributed by atoms with Gasteiger partial charge in [0.1, 0.15) is 22.7 Å². The summed E-state index contributed by atoms with van der Waals surface area (Å²) in [5.41, 5.74) is 4.54. The molecular weight excluding hydrogens is 372 g/mol. The highest BCUT2D eigenvalue weighted by Gasteiger charge is 2.25. The van der Waals surface area contributed by atoms with Gasteiger partial charge in [0.25, 0.3) is 0 Å². The van der Waals surface area contributed by atoms with Crippen LogP contribution in [0.15, 0.2) is 81.6 Å². The van der Waals surface area contributed by atoms with Crippen molar-refractivity contribution in [1.29, 1.82) is 0 Å². The van der Waals surface area contributed by atoms with Gasteiger partial charge >= 0.3 is 0 Å². The average molecular weight is 396 g/mol. The van der Waals surface area contributed by atoms with Gasteiger partial charge in [0.2, 0.25) is 0 Å². The molecule has 2 aromatic heterocycles. The van der Waals surface area contributed by atoms with Gasteiger partial charge in [-0.05, 0) is 67.8 Å². The zero-order valence-electron chi connectivity index (χ0n) is 17.4. The number of aryl methyl sites for hydroxylation is 1. The summed E-state index contributed by atoms with van der Waals surface area (Å²) in [4.78, 5) is 0. The van der Waals surface area contributed by atoms with Crippen molar-refractivity contribution in [2.45, 2.75) is 32.8 Å². The third kappa shape index (κ3) is 3.12.